The molecule has 0 bridgehead atoms. The molecule has 2 aliphatic rings. The van der Waals surface area contributed by atoms with Crippen LogP contribution in [0.4, 0.5) is 15.8 Å². The molecule has 1 aromatic heterocycles. The van der Waals surface area contributed by atoms with Crippen molar-refractivity contribution in [1.82, 2.24) is 15.2 Å². The molecule has 2 saturated heterocycles. The van der Waals surface area contributed by atoms with Gasteiger partial charge in [0.2, 0.25) is 0 Å². The summed E-state index contributed by atoms with van der Waals surface area (Å²) >= 11 is 2.04. The van der Waals surface area contributed by atoms with Gasteiger partial charge in [0.1, 0.15) is 11.4 Å². The number of β-amino-alcohol motifs (C(OH)–C–C–N with tert-alkyl or cyclic N) is 1. The van der Waals surface area contributed by atoms with Gasteiger partial charge < -0.3 is 20.6 Å². The van der Waals surface area contributed by atoms with Gasteiger partial charge in [0.25, 0.3) is 5.91 Å². The Morgan fingerprint density at radius 1 is 1.32 bits per heavy atom. The first-order chi connectivity index (χ1) is 13.5. The lowest BCUT2D eigenvalue weighted by atomic mass is 9.81. The quantitative estimate of drug-likeness (QED) is 0.568. The highest BCUT2D eigenvalue weighted by Crippen LogP contribution is 2.32. The minimum absolute atomic E-state index is 0.0289. The smallest absolute Gasteiger partial charge is 0.256 e. The van der Waals surface area contributed by atoms with E-state index in [1.165, 1.54) is 18.5 Å². The molecule has 3 heterocycles. The number of benzene rings is 1. The molecule has 2 fully saturated rings. The van der Waals surface area contributed by atoms with Gasteiger partial charge in [-0.15, -0.1) is 0 Å². The van der Waals surface area contributed by atoms with Crippen molar-refractivity contribution in [3.05, 3.63) is 51.6 Å². The predicted molar refractivity (Wildman–Crippen MR) is 113 cm³/mol. The van der Waals surface area contributed by atoms with E-state index in [9.17, 15) is 14.3 Å². The summed E-state index contributed by atoms with van der Waals surface area (Å²) < 4.78 is 15.0. The topological polar surface area (TPSA) is 77.5 Å². The third-order valence-corrected chi connectivity index (χ3v) is 6.10. The number of nitrogens with zero attached hydrogens (tertiary/aromatic N) is 2. The van der Waals surface area contributed by atoms with Crippen LogP contribution < -0.4 is 10.6 Å². The second-order valence-electron chi connectivity index (χ2n) is 7.44. The molecule has 0 saturated carbocycles. The van der Waals surface area contributed by atoms with Crippen LogP contribution in [-0.4, -0.2) is 52.2 Å². The first-order valence-corrected chi connectivity index (χ1v) is 10.5. The molecule has 2 aliphatic heterocycles. The zero-order valence-corrected chi connectivity index (χ0v) is 17.4. The number of hydrogen-bond acceptors (Lipinski definition) is 5. The fraction of sp³-hybridized carbons (Fsp3) is 0.400. The summed E-state index contributed by atoms with van der Waals surface area (Å²) in [4.78, 5) is 18.7. The largest absolute Gasteiger partial charge is 0.385 e. The van der Waals surface area contributed by atoms with Crippen molar-refractivity contribution in [2.45, 2.75) is 30.9 Å². The zero-order valence-electron chi connectivity index (χ0n) is 15.3. The van der Waals surface area contributed by atoms with Crippen molar-refractivity contribution in [2.24, 2.45) is 0 Å². The van der Waals surface area contributed by atoms with Gasteiger partial charge in [0.05, 0.1) is 36.2 Å². The third kappa shape index (κ3) is 3.85. The van der Waals surface area contributed by atoms with Crippen molar-refractivity contribution >= 4 is 39.9 Å². The predicted octanol–water partition coefficient (Wildman–Crippen LogP) is 2.90. The van der Waals surface area contributed by atoms with Gasteiger partial charge in [-0.3, -0.25) is 9.78 Å². The first-order valence-electron chi connectivity index (χ1n) is 9.37. The Bertz CT molecular complexity index is 882. The molecular weight excluding hydrogens is 474 g/mol. The standard InChI is InChI=1S/C20H22FIN4O2/c21-15-9-13(22)4-5-16(15)25-17-10-23-8-6-14(17)19(27)26-11-20(28,12-26)18-3-1-2-7-24-18/h4-6,8-10,18,24-25,28H,1-3,7,11-12H2. The highest BCUT2D eigenvalue weighted by molar-refractivity contribution is 14.1. The monoisotopic (exact) mass is 496 g/mol. The maximum Gasteiger partial charge on any atom is 0.256 e. The normalized spacial score (nSPS) is 21.1. The number of piperidine rings is 1. The van der Waals surface area contributed by atoms with E-state index in [2.05, 4.69) is 15.6 Å². The molecule has 3 N–H and O–H groups in total. The molecule has 0 aliphatic carbocycles. The SMILES string of the molecule is O=C(c1ccncc1Nc1ccc(I)cc1F)N1CC(O)(C2CCCCN2)C1. The van der Waals surface area contributed by atoms with Crippen LogP contribution in [-0.2, 0) is 0 Å². The molecule has 0 spiro atoms. The second kappa shape index (κ2) is 7.92. The van der Waals surface area contributed by atoms with Gasteiger partial charge in [-0.2, -0.15) is 0 Å². The molecule has 1 atom stereocenters. The number of aromatic nitrogens is 1. The van der Waals surface area contributed by atoms with Gasteiger partial charge in [-0.25, -0.2) is 4.39 Å². The van der Waals surface area contributed by atoms with E-state index in [1.54, 1.807) is 23.1 Å². The van der Waals surface area contributed by atoms with Gasteiger partial charge in [0, 0.05) is 15.8 Å². The molecule has 2 aromatic rings. The third-order valence-electron chi connectivity index (χ3n) is 5.43. The molecule has 6 nitrogen and oxygen atoms in total. The van der Waals surface area contributed by atoms with Crippen molar-refractivity contribution in [1.29, 1.82) is 0 Å². The van der Waals surface area contributed by atoms with E-state index in [0.717, 1.165) is 29.4 Å². The number of pyridine rings is 1. The van der Waals surface area contributed by atoms with Crippen molar-refractivity contribution in [2.75, 3.05) is 25.0 Å². The number of anilines is 2. The maximum atomic E-state index is 14.2. The van der Waals surface area contributed by atoms with Crippen LogP contribution in [0, 0.1) is 9.39 Å². The summed E-state index contributed by atoms with van der Waals surface area (Å²) in [6, 6.07) is 6.49. The molecular formula is C20H22FIN4O2. The average Bonchev–Trinajstić information content (AvgIpc) is 2.68. The van der Waals surface area contributed by atoms with E-state index in [4.69, 9.17) is 0 Å². The number of halogens is 2. The minimum Gasteiger partial charge on any atom is -0.385 e. The summed E-state index contributed by atoms with van der Waals surface area (Å²) in [5.41, 5.74) is 0.262. The Kier molecular flexibility index (Phi) is 5.52. The number of aliphatic hydroxyl groups is 1. The van der Waals surface area contributed by atoms with Crippen molar-refractivity contribution in [3.63, 3.8) is 0 Å². The van der Waals surface area contributed by atoms with E-state index in [-0.39, 0.29) is 17.6 Å². The van der Waals surface area contributed by atoms with E-state index in [1.807, 2.05) is 22.6 Å². The fourth-order valence-electron chi connectivity index (χ4n) is 3.88. The summed E-state index contributed by atoms with van der Waals surface area (Å²) in [6.07, 6.45) is 6.19. The minimum atomic E-state index is -0.876. The van der Waals surface area contributed by atoms with Crippen molar-refractivity contribution in [3.8, 4) is 0 Å². The molecule has 1 aromatic carbocycles. The fourth-order valence-corrected chi connectivity index (χ4v) is 4.33. The van der Waals surface area contributed by atoms with Crippen LogP contribution in [0.5, 0.6) is 0 Å². The lowest BCUT2D eigenvalue weighted by Crippen LogP contribution is -2.72. The van der Waals surface area contributed by atoms with E-state index < -0.39 is 11.4 Å². The van der Waals surface area contributed by atoms with Crippen LogP contribution in [0.25, 0.3) is 0 Å². The summed E-state index contributed by atoms with van der Waals surface area (Å²) in [5, 5.41) is 17.2. The summed E-state index contributed by atoms with van der Waals surface area (Å²) in [5.74, 6) is -0.591. The highest BCUT2D eigenvalue weighted by atomic mass is 127. The molecule has 1 unspecified atom stereocenters. The summed E-state index contributed by atoms with van der Waals surface area (Å²) in [7, 11) is 0. The molecule has 148 valence electrons. The first kappa shape index (κ1) is 19.5. The number of carbonyl (C=O) groups excluding carboxylic acids is 1. The van der Waals surface area contributed by atoms with Gasteiger partial charge in [-0.1, -0.05) is 6.42 Å². The Hall–Kier alpha value is -1.78. The second-order valence-corrected chi connectivity index (χ2v) is 8.68. The van der Waals surface area contributed by atoms with Crippen LogP contribution >= 0.6 is 22.6 Å². The van der Waals surface area contributed by atoms with Gasteiger partial charge in [0.15, 0.2) is 0 Å². The molecule has 8 heteroatoms. The van der Waals surface area contributed by atoms with Gasteiger partial charge >= 0.3 is 0 Å². The molecule has 1 amide bonds. The Labute approximate surface area is 176 Å². The number of rotatable bonds is 4. The number of carbonyl (C=O) groups is 1. The van der Waals surface area contributed by atoms with Crippen molar-refractivity contribution < 1.29 is 14.3 Å². The number of likely N-dealkylation sites (tertiary alicyclic amines) is 1. The van der Waals surface area contributed by atoms with E-state index in [0.29, 0.717) is 24.3 Å². The van der Waals surface area contributed by atoms with Crippen LogP contribution in [0.2, 0.25) is 0 Å². The lowest BCUT2D eigenvalue weighted by Gasteiger charge is -2.51. The van der Waals surface area contributed by atoms with E-state index >= 15 is 0 Å². The molecule has 0 radical (unpaired) electrons. The number of nitrogens with one attached hydrogen (secondary N) is 2. The maximum absolute atomic E-state index is 14.2. The number of amides is 1. The Balaban J connectivity index is 1.48. The number of hydrogen-bond donors (Lipinski definition) is 3. The highest BCUT2D eigenvalue weighted by Gasteiger charge is 2.49. The molecule has 28 heavy (non-hydrogen) atoms. The summed E-state index contributed by atoms with van der Waals surface area (Å²) in [6.45, 7) is 1.49. The van der Waals surface area contributed by atoms with Crippen LogP contribution in [0.3, 0.4) is 0 Å². The van der Waals surface area contributed by atoms with Crippen LogP contribution in [0.15, 0.2) is 36.7 Å². The average molecular weight is 496 g/mol. The van der Waals surface area contributed by atoms with Gasteiger partial charge in [-0.05, 0) is 66.2 Å². The lowest BCUT2D eigenvalue weighted by molar-refractivity contribution is -0.108. The zero-order chi connectivity index (χ0) is 19.7. The Morgan fingerprint density at radius 3 is 2.86 bits per heavy atom. The van der Waals surface area contributed by atoms with Crippen LogP contribution in [0.1, 0.15) is 29.6 Å². The Morgan fingerprint density at radius 2 is 2.14 bits per heavy atom. The molecule has 4 rings (SSSR count).